The Balaban J connectivity index is 2.81. The first-order valence-corrected chi connectivity index (χ1v) is 6.26. The molecule has 0 radical (unpaired) electrons. The first-order valence-electron chi connectivity index (χ1n) is 5.09. The number of unbranched alkanes of at least 4 members (excludes halogenated alkanes) is 1. The van der Waals surface area contributed by atoms with Gasteiger partial charge in [-0.05, 0) is 30.2 Å². The molecule has 0 aliphatic heterocycles. The molecule has 0 aliphatic rings. The molecule has 0 bridgehead atoms. The highest BCUT2D eigenvalue weighted by Gasteiger charge is 2.10. The van der Waals surface area contributed by atoms with Crippen molar-refractivity contribution in [3.63, 3.8) is 0 Å². The van der Waals surface area contributed by atoms with Gasteiger partial charge >= 0.3 is 0 Å². The summed E-state index contributed by atoms with van der Waals surface area (Å²) >= 11 is 9.41. The van der Waals surface area contributed by atoms with Gasteiger partial charge in [-0.2, -0.15) is 0 Å². The van der Waals surface area contributed by atoms with Crippen LogP contribution in [0, 0.1) is 0 Å². The van der Waals surface area contributed by atoms with Crippen molar-refractivity contribution in [3.8, 4) is 0 Å². The average molecular weight is 292 g/mol. The Labute approximate surface area is 104 Å². The van der Waals surface area contributed by atoms with Gasteiger partial charge in [0.25, 0.3) is 0 Å². The van der Waals surface area contributed by atoms with E-state index in [9.17, 15) is 0 Å². The summed E-state index contributed by atoms with van der Waals surface area (Å²) in [7, 11) is 0. The summed E-state index contributed by atoms with van der Waals surface area (Å²) < 4.78 is 0.988. The summed E-state index contributed by atoms with van der Waals surface area (Å²) in [5.74, 6) is 5.54. The number of hydrogen-bond acceptors (Lipinski definition) is 2. The SMILES string of the molecule is CCCCC(NN)c1cc(Cl)cc(Br)c1. The van der Waals surface area contributed by atoms with Crippen molar-refractivity contribution in [2.75, 3.05) is 0 Å². The molecule has 15 heavy (non-hydrogen) atoms. The Morgan fingerprint density at radius 3 is 2.73 bits per heavy atom. The maximum absolute atomic E-state index is 5.99. The van der Waals surface area contributed by atoms with E-state index in [1.165, 1.54) is 6.42 Å². The van der Waals surface area contributed by atoms with Crippen molar-refractivity contribution in [3.05, 3.63) is 33.3 Å². The predicted octanol–water partition coefficient (Wildman–Crippen LogP) is 3.80. The van der Waals surface area contributed by atoms with E-state index < -0.39 is 0 Å². The molecule has 0 amide bonds. The van der Waals surface area contributed by atoms with Gasteiger partial charge in [0, 0.05) is 15.5 Å². The third-order valence-electron chi connectivity index (χ3n) is 2.33. The highest BCUT2D eigenvalue weighted by Crippen LogP contribution is 2.26. The van der Waals surface area contributed by atoms with Crippen LogP contribution in [0.2, 0.25) is 5.02 Å². The average Bonchev–Trinajstić information content (AvgIpc) is 2.17. The lowest BCUT2D eigenvalue weighted by Gasteiger charge is -2.16. The zero-order chi connectivity index (χ0) is 11.3. The maximum Gasteiger partial charge on any atom is 0.0460 e. The third-order valence-corrected chi connectivity index (χ3v) is 3.01. The van der Waals surface area contributed by atoms with Gasteiger partial charge in [-0.3, -0.25) is 11.3 Å². The topological polar surface area (TPSA) is 38.0 Å². The molecule has 4 heteroatoms. The largest absolute Gasteiger partial charge is 0.271 e. The van der Waals surface area contributed by atoms with Gasteiger partial charge in [0.2, 0.25) is 0 Å². The van der Waals surface area contributed by atoms with Crippen LogP contribution in [0.1, 0.15) is 37.8 Å². The number of benzene rings is 1. The molecule has 3 N–H and O–H groups in total. The first kappa shape index (κ1) is 13.0. The van der Waals surface area contributed by atoms with Crippen molar-refractivity contribution in [2.45, 2.75) is 32.2 Å². The summed E-state index contributed by atoms with van der Waals surface area (Å²) in [5.41, 5.74) is 3.96. The number of hydrogen-bond donors (Lipinski definition) is 2. The fraction of sp³-hybridized carbons (Fsp3) is 0.455. The molecule has 1 aromatic rings. The van der Waals surface area contributed by atoms with Crippen molar-refractivity contribution in [2.24, 2.45) is 5.84 Å². The smallest absolute Gasteiger partial charge is 0.0460 e. The van der Waals surface area contributed by atoms with Crippen LogP contribution in [0.25, 0.3) is 0 Å². The number of halogens is 2. The minimum absolute atomic E-state index is 0.181. The van der Waals surface area contributed by atoms with Gasteiger partial charge in [0.05, 0.1) is 0 Å². The van der Waals surface area contributed by atoms with Crippen LogP contribution in [0.3, 0.4) is 0 Å². The van der Waals surface area contributed by atoms with E-state index in [1.807, 2.05) is 18.2 Å². The first-order chi connectivity index (χ1) is 7.17. The van der Waals surface area contributed by atoms with Gasteiger partial charge in [0.15, 0.2) is 0 Å². The van der Waals surface area contributed by atoms with E-state index in [0.29, 0.717) is 0 Å². The Morgan fingerprint density at radius 1 is 1.47 bits per heavy atom. The minimum atomic E-state index is 0.181. The fourth-order valence-electron chi connectivity index (χ4n) is 1.53. The normalized spacial score (nSPS) is 12.8. The third kappa shape index (κ3) is 4.11. The van der Waals surface area contributed by atoms with Crippen molar-refractivity contribution >= 4 is 27.5 Å². The van der Waals surface area contributed by atoms with Crippen LogP contribution in [-0.2, 0) is 0 Å². The summed E-state index contributed by atoms with van der Waals surface area (Å²) in [4.78, 5) is 0. The number of nitrogens with one attached hydrogen (secondary N) is 1. The summed E-state index contributed by atoms with van der Waals surface area (Å²) in [5, 5.41) is 0.733. The molecule has 0 fully saturated rings. The van der Waals surface area contributed by atoms with Gasteiger partial charge in [0.1, 0.15) is 0 Å². The Kier molecular flexibility index (Phi) is 5.61. The van der Waals surface area contributed by atoms with Gasteiger partial charge in [-0.25, -0.2) is 0 Å². The molecule has 1 rings (SSSR count). The number of hydrazine groups is 1. The monoisotopic (exact) mass is 290 g/mol. The van der Waals surface area contributed by atoms with Crippen LogP contribution in [-0.4, -0.2) is 0 Å². The highest BCUT2D eigenvalue weighted by molar-refractivity contribution is 9.10. The van der Waals surface area contributed by atoms with Gasteiger partial charge < -0.3 is 0 Å². The van der Waals surface area contributed by atoms with E-state index in [1.54, 1.807) is 0 Å². The lowest BCUT2D eigenvalue weighted by molar-refractivity contribution is 0.495. The van der Waals surface area contributed by atoms with Crippen LogP contribution in [0.5, 0.6) is 0 Å². The molecule has 0 spiro atoms. The second kappa shape index (κ2) is 6.48. The Morgan fingerprint density at radius 2 is 2.20 bits per heavy atom. The number of rotatable bonds is 5. The van der Waals surface area contributed by atoms with Crippen molar-refractivity contribution in [1.29, 1.82) is 0 Å². The summed E-state index contributed by atoms with van der Waals surface area (Å²) in [6, 6.07) is 6.05. The second-order valence-electron chi connectivity index (χ2n) is 3.56. The van der Waals surface area contributed by atoms with Crippen LogP contribution >= 0.6 is 27.5 Å². The fourth-order valence-corrected chi connectivity index (χ4v) is 2.42. The van der Waals surface area contributed by atoms with E-state index in [4.69, 9.17) is 17.4 Å². The zero-order valence-electron chi connectivity index (χ0n) is 8.76. The summed E-state index contributed by atoms with van der Waals surface area (Å²) in [6.45, 7) is 2.17. The molecule has 0 saturated carbocycles. The minimum Gasteiger partial charge on any atom is -0.271 e. The van der Waals surface area contributed by atoms with Crippen LogP contribution < -0.4 is 11.3 Å². The Bertz CT molecular complexity index is 297. The van der Waals surface area contributed by atoms with Gasteiger partial charge in [-0.1, -0.05) is 47.3 Å². The van der Waals surface area contributed by atoms with E-state index in [0.717, 1.165) is 27.9 Å². The molecule has 2 nitrogen and oxygen atoms in total. The molecule has 84 valence electrons. The zero-order valence-corrected chi connectivity index (χ0v) is 11.1. The van der Waals surface area contributed by atoms with Crippen LogP contribution in [0.15, 0.2) is 22.7 Å². The molecule has 1 unspecified atom stereocenters. The molecule has 0 heterocycles. The highest BCUT2D eigenvalue weighted by atomic mass is 79.9. The van der Waals surface area contributed by atoms with E-state index in [2.05, 4.69) is 28.3 Å². The van der Waals surface area contributed by atoms with E-state index in [-0.39, 0.29) is 6.04 Å². The second-order valence-corrected chi connectivity index (χ2v) is 4.92. The molecular formula is C11H16BrClN2. The molecule has 0 aromatic heterocycles. The summed E-state index contributed by atoms with van der Waals surface area (Å²) in [6.07, 6.45) is 3.35. The lowest BCUT2D eigenvalue weighted by Crippen LogP contribution is -2.27. The van der Waals surface area contributed by atoms with Crippen LogP contribution in [0.4, 0.5) is 0 Å². The molecule has 1 atom stereocenters. The molecule has 1 aromatic carbocycles. The van der Waals surface area contributed by atoms with Crippen molar-refractivity contribution < 1.29 is 0 Å². The van der Waals surface area contributed by atoms with Gasteiger partial charge in [-0.15, -0.1) is 0 Å². The molecular weight excluding hydrogens is 275 g/mol. The molecule has 0 saturated heterocycles. The number of nitrogens with two attached hydrogens (primary N) is 1. The van der Waals surface area contributed by atoms with Crippen molar-refractivity contribution in [1.82, 2.24) is 5.43 Å². The standard InChI is InChI=1S/C11H16BrClN2/c1-2-3-4-11(15-14)8-5-9(12)7-10(13)6-8/h5-7,11,15H,2-4,14H2,1H3. The maximum atomic E-state index is 5.99. The lowest BCUT2D eigenvalue weighted by atomic mass is 10.0. The molecule has 0 aliphatic carbocycles. The Hall–Kier alpha value is -0.0900. The predicted molar refractivity (Wildman–Crippen MR) is 68.7 cm³/mol. The van der Waals surface area contributed by atoms with E-state index >= 15 is 0 Å². The quantitative estimate of drug-likeness (QED) is 0.640.